The van der Waals surface area contributed by atoms with Crippen molar-refractivity contribution < 1.29 is 19.0 Å². The third-order valence-corrected chi connectivity index (χ3v) is 6.25. The summed E-state index contributed by atoms with van der Waals surface area (Å²) in [6.45, 7) is 6.39. The van der Waals surface area contributed by atoms with Gasteiger partial charge in [-0.25, -0.2) is 4.79 Å². The number of hydrogen-bond donors (Lipinski definition) is 0. The number of nitrogens with zero attached hydrogens (tertiary/aromatic N) is 1. The van der Waals surface area contributed by atoms with E-state index < -0.39 is 5.60 Å². The highest BCUT2D eigenvalue weighted by atomic mass is 32.1. The summed E-state index contributed by atoms with van der Waals surface area (Å²) >= 11 is 1.72. The van der Waals surface area contributed by atoms with Crippen LogP contribution in [0, 0.1) is 0 Å². The van der Waals surface area contributed by atoms with Crippen LogP contribution in [0.1, 0.15) is 55.7 Å². The Balaban J connectivity index is 1.59. The highest BCUT2D eigenvalue weighted by molar-refractivity contribution is 7.10. The Morgan fingerprint density at radius 1 is 1.21 bits per heavy atom. The lowest BCUT2D eigenvalue weighted by molar-refractivity contribution is 0.0146. The van der Waals surface area contributed by atoms with E-state index in [1.54, 1.807) is 18.4 Å². The van der Waals surface area contributed by atoms with Crippen LogP contribution < -0.4 is 9.47 Å². The molecule has 4 rings (SSSR count). The van der Waals surface area contributed by atoms with Crippen molar-refractivity contribution in [2.24, 2.45) is 0 Å². The summed E-state index contributed by atoms with van der Waals surface area (Å²) < 4.78 is 17.2. The molecule has 0 radical (unpaired) electrons. The van der Waals surface area contributed by atoms with Gasteiger partial charge in [0.05, 0.1) is 19.3 Å². The van der Waals surface area contributed by atoms with E-state index >= 15 is 0 Å². The smallest absolute Gasteiger partial charge is 0.410 e. The summed E-state index contributed by atoms with van der Waals surface area (Å²) in [5.41, 5.74) is 1.94. The third kappa shape index (κ3) is 4.69. The zero-order valence-corrected chi connectivity index (χ0v) is 18.4. The molecule has 1 aromatic carbocycles. The zero-order valence-electron chi connectivity index (χ0n) is 17.6. The highest BCUT2D eigenvalue weighted by Gasteiger charge is 2.35. The Morgan fingerprint density at radius 3 is 2.69 bits per heavy atom. The number of amides is 1. The van der Waals surface area contributed by atoms with Gasteiger partial charge in [0.15, 0.2) is 11.5 Å². The SMILES string of the molecule is COc1cc(CC2c3sccc3CCN2C(=O)OC(C)(C)C)ccc1OC1CC1. The lowest BCUT2D eigenvalue weighted by atomic mass is 9.96. The van der Waals surface area contributed by atoms with E-state index in [0.717, 1.165) is 36.3 Å². The van der Waals surface area contributed by atoms with Crippen LogP contribution in [0.15, 0.2) is 29.6 Å². The van der Waals surface area contributed by atoms with Crippen molar-refractivity contribution in [3.8, 4) is 11.5 Å². The standard InChI is InChI=1S/C23H29NO4S/c1-23(2,3)28-22(25)24-11-9-16-10-12-29-21(16)18(24)13-15-5-8-19(20(14-15)26-4)27-17-6-7-17/h5,8,10,12,14,17-18H,6-7,9,11,13H2,1-4H3. The molecule has 0 saturated heterocycles. The molecule has 1 unspecified atom stereocenters. The molecule has 2 aliphatic rings. The van der Waals surface area contributed by atoms with E-state index in [2.05, 4.69) is 17.5 Å². The normalized spacial score (nSPS) is 18.9. The van der Waals surface area contributed by atoms with Crippen molar-refractivity contribution in [1.82, 2.24) is 4.90 Å². The van der Waals surface area contributed by atoms with Gasteiger partial charge in [-0.1, -0.05) is 6.07 Å². The lowest BCUT2D eigenvalue weighted by Crippen LogP contribution is -2.43. The van der Waals surface area contributed by atoms with E-state index in [-0.39, 0.29) is 12.1 Å². The minimum absolute atomic E-state index is 0.0338. The Hall–Kier alpha value is -2.21. The number of thiophene rings is 1. The number of carbonyl (C=O) groups excluding carboxylic acids is 1. The van der Waals surface area contributed by atoms with Crippen LogP contribution >= 0.6 is 11.3 Å². The van der Waals surface area contributed by atoms with Gasteiger partial charge in [-0.2, -0.15) is 0 Å². The number of carbonyl (C=O) groups is 1. The van der Waals surface area contributed by atoms with Gasteiger partial charge >= 0.3 is 6.09 Å². The van der Waals surface area contributed by atoms with Crippen LogP contribution in [-0.4, -0.2) is 36.4 Å². The van der Waals surface area contributed by atoms with E-state index in [1.165, 1.54) is 10.4 Å². The Morgan fingerprint density at radius 2 is 2.00 bits per heavy atom. The van der Waals surface area contributed by atoms with Gasteiger partial charge < -0.3 is 14.2 Å². The monoisotopic (exact) mass is 415 g/mol. The molecule has 156 valence electrons. The molecule has 2 heterocycles. The number of rotatable bonds is 5. The molecule has 1 aliphatic heterocycles. The fourth-order valence-corrected chi connectivity index (χ4v) is 4.72. The first-order valence-electron chi connectivity index (χ1n) is 10.2. The molecule has 1 saturated carbocycles. The van der Waals surface area contributed by atoms with Crippen molar-refractivity contribution in [3.05, 3.63) is 45.6 Å². The predicted octanol–water partition coefficient (Wildman–Crippen LogP) is 5.37. The molecular formula is C23H29NO4S. The van der Waals surface area contributed by atoms with Gasteiger partial charge in [0.25, 0.3) is 0 Å². The van der Waals surface area contributed by atoms with E-state index in [4.69, 9.17) is 14.2 Å². The van der Waals surface area contributed by atoms with Crippen molar-refractivity contribution in [2.45, 2.75) is 64.2 Å². The number of benzene rings is 1. The zero-order chi connectivity index (χ0) is 20.6. The van der Waals surface area contributed by atoms with Crippen LogP contribution in [0.3, 0.4) is 0 Å². The second-order valence-electron chi connectivity index (χ2n) is 8.76. The summed E-state index contributed by atoms with van der Waals surface area (Å²) in [6, 6.07) is 8.24. The second-order valence-corrected chi connectivity index (χ2v) is 9.70. The van der Waals surface area contributed by atoms with Gasteiger partial charge in [-0.3, -0.25) is 4.90 Å². The molecule has 0 spiro atoms. The first-order chi connectivity index (χ1) is 13.8. The molecule has 1 amide bonds. The van der Waals surface area contributed by atoms with Crippen molar-refractivity contribution in [2.75, 3.05) is 13.7 Å². The topological polar surface area (TPSA) is 48.0 Å². The average Bonchev–Trinajstić information content (AvgIpc) is 3.34. The third-order valence-electron chi connectivity index (χ3n) is 5.18. The van der Waals surface area contributed by atoms with Crippen LogP contribution in [-0.2, 0) is 17.6 Å². The van der Waals surface area contributed by atoms with E-state index in [9.17, 15) is 4.79 Å². The van der Waals surface area contributed by atoms with Crippen LogP contribution in [0.25, 0.3) is 0 Å². The summed E-state index contributed by atoms with van der Waals surface area (Å²) in [4.78, 5) is 16.0. The van der Waals surface area contributed by atoms with E-state index in [1.807, 2.05) is 37.8 Å². The molecule has 1 aromatic heterocycles. The molecule has 0 bridgehead atoms. The fourth-order valence-electron chi connectivity index (χ4n) is 3.65. The maximum atomic E-state index is 12.9. The van der Waals surface area contributed by atoms with Crippen LogP contribution in [0.5, 0.6) is 11.5 Å². The fraction of sp³-hybridized carbons (Fsp3) is 0.522. The van der Waals surface area contributed by atoms with Gasteiger partial charge in [-0.15, -0.1) is 11.3 Å². The summed E-state index contributed by atoms with van der Waals surface area (Å²) in [7, 11) is 1.67. The maximum absolute atomic E-state index is 12.9. The summed E-state index contributed by atoms with van der Waals surface area (Å²) in [5, 5.41) is 2.11. The predicted molar refractivity (Wildman–Crippen MR) is 114 cm³/mol. The van der Waals surface area contributed by atoms with Gasteiger partial charge in [0.1, 0.15) is 5.60 Å². The molecule has 0 N–H and O–H groups in total. The first kappa shape index (κ1) is 20.1. The molecule has 6 heteroatoms. The molecule has 5 nitrogen and oxygen atoms in total. The van der Waals surface area contributed by atoms with Crippen molar-refractivity contribution >= 4 is 17.4 Å². The van der Waals surface area contributed by atoms with Crippen LogP contribution in [0.2, 0.25) is 0 Å². The highest BCUT2D eigenvalue weighted by Crippen LogP contribution is 2.39. The van der Waals surface area contributed by atoms with Crippen molar-refractivity contribution in [3.63, 3.8) is 0 Å². The maximum Gasteiger partial charge on any atom is 0.410 e. The Labute approximate surface area is 176 Å². The average molecular weight is 416 g/mol. The van der Waals surface area contributed by atoms with Gasteiger partial charge in [-0.05, 0) is 81.2 Å². The quantitative estimate of drug-likeness (QED) is 0.658. The van der Waals surface area contributed by atoms with Crippen molar-refractivity contribution in [1.29, 1.82) is 0 Å². The number of hydrogen-bond acceptors (Lipinski definition) is 5. The van der Waals surface area contributed by atoms with E-state index in [0.29, 0.717) is 19.1 Å². The number of fused-ring (bicyclic) bond motifs is 1. The minimum atomic E-state index is -0.512. The summed E-state index contributed by atoms with van der Waals surface area (Å²) in [6.07, 6.45) is 3.88. The van der Waals surface area contributed by atoms with Crippen LogP contribution in [0.4, 0.5) is 4.79 Å². The largest absolute Gasteiger partial charge is 0.493 e. The molecule has 1 aliphatic carbocycles. The lowest BCUT2D eigenvalue weighted by Gasteiger charge is -2.37. The minimum Gasteiger partial charge on any atom is -0.493 e. The number of ether oxygens (including phenoxy) is 3. The van der Waals surface area contributed by atoms with Gasteiger partial charge in [0.2, 0.25) is 0 Å². The Bertz CT molecular complexity index is 881. The molecule has 2 aromatic rings. The molecule has 1 fully saturated rings. The molecular weight excluding hydrogens is 386 g/mol. The Kier molecular flexibility index (Phi) is 5.47. The second kappa shape index (κ2) is 7.90. The van der Waals surface area contributed by atoms with Gasteiger partial charge in [0, 0.05) is 11.4 Å². The number of methoxy groups -OCH3 is 1. The summed E-state index contributed by atoms with van der Waals surface area (Å²) in [5.74, 6) is 1.55. The first-order valence-corrected chi connectivity index (χ1v) is 11.1. The molecule has 29 heavy (non-hydrogen) atoms. The molecule has 1 atom stereocenters.